The predicted molar refractivity (Wildman–Crippen MR) is 134 cm³/mol. The molecule has 36 heavy (non-hydrogen) atoms. The van der Waals surface area contributed by atoms with Gasteiger partial charge in [-0.1, -0.05) is 23.7 Å². The van der Waals surface area contributed by atoms with Crippen LogP contribution in [0.1, 0.15) is 30.9 Å². The lowest BCUT2D eigenvalue weighted by Crippen LogP contribution is -2.23. The van der Waals surface area contributed by atoms with Gasteiger partial charge in [0.25, 0.3) is 0 Å². The van der Waals surface area contributed by atoms with E-state index in [2.05, 4.69) is 10.3 Å². The largest absolute Gasteiger partial charge is 0.481 e. The number of carboxylic acid groups (broad SMARTS) is 1. The minimum Gasteiger partial charge on any atom is -0.481 e. The molecule has 0 spiro atoms. The Kier molecular flexibility index (Phi) is 8.40. The third kappa shape index (κ3) is 6.96. The molecule has 0 amide bonds. The maximum atomic E-state index is 13.3. The highest BCUT2D eigenvalue weighted by Gasteiger charge is 2.20. The van der Waals surface area contributed by atoms with E-state index in [9.17, 15) is 9.18 Å². The standard InChI is InChI=1S/C27H26ClFN2O5/c1-17(27(32)33)34-22-4-2-3-18(15-22)11-13-30-14-12-25(35-21-8-6-20(29)7-9-21)26-31-23-16-19(28)5-10-24(23)36-26/h2-10,15-17,25,30H,11-14H2,1H3,(H,32,33). The van der Waals surface area contributed by atoms with Crippen LogP contribution >= 0.6 is 11.6 Å². The molecule has 188 valence electrons. The number of aromatic nitrogens is 1. The molecule has 0 radical (unpaired) electrons. The molecule has 0 aliphatic carbocycles. The van der Waals surface area contributed by atoms with Gasteiger partial charge in [-0.25, -0.2) is 14.2 Å². The van der Waals surface area contributed by atoms with E-state index in [1.165, 1.54) is 19.1 Å². The minimum atomic E-state index is -1.01. The van der Waals surface area contributed by atoms with Gasteiger partial charge in [0.1, 0.15) is 22.8 Å². The van der Waals surface area contributed by atoms with Gasteiger partial charge in [0.05, 0.1) is 0 Å². The van der Waals surface area contributed by atoms with Crippen LogP contribution in [0.2, 0.25) is 5.02 Å². The maximum Gasteiger partial charge on any atom is 0.344 e. The van der Waals surface area contributed by atoms with Gasteiger partial charge in [-0.3, -0.25) is 0 Å². The highest BCUT2D eigenvalue weighted by molar-refractivity contribution is 6.31. The quantitative estimate of drug-likeness (QED) is 0.231. The van der Waals surface area contributed by atoms with E-state index in [1.807, 2.05) is 18.2 Å². The minimum absolute atomic E-state index is 0.344. The number of oxazole rings is 1. The van der Waals surface area contributed by atoms with Crippen LogP contribution < -0.4 is 14.8 Å². The normalized spacial score (nSPS) is 12.9. The molecular formula is C27H26ClFN2O5. The number of ether oxygens (including phenoxy) is 2. The molecule has 0 fully saturated rings. The summed E-state index contributed by atoms with van der Waals surface area (Å²) < 4.78 is 30.8. The summed E-state index contributed by atoms with van der Waals surface area (Å²) in [4.78, 5) is 15.6. The average Bonchev–Trinajstić information content (AvgIpc) is 3.27. The first-order chi connectivity index (χ1) is 17.4. The SMILES string of the molecule is CC(Oc1cccc(CCNCCC(Oc2ccc(F)cc2)c2nc3cc(Cl)ccc3o2)c1)C(=O)O. The highest BCUT2D eigenvalue weighted by atomic mass is 35.5. The number of nitrogens with zero attached hydrogens (tertiary/aromatic N) is 1. The fraction of sp³-hybridized carbons (Fsp3) is 0.259. The Balaban J connectivity index is 1.36. The van der Waals surface area contributed by atoms with Crippen molar-refractivity contribution < 1.29 is 28.2 Å². The molecule has 2 atom stereocenters. The Hall–Kier alpha value is -3.62. The number of hydrogen-bond acceptors (Lipinski definition) is 6. The van der Waals surface area contributed by atoms with E-state index < -0.39 is 18.2 Å². The Labute approximate surface area is 212 Å². The smallest absolute Gasteiger partial charge is 0.344 e. The van der Waals surface area contributed by atoms with Crippen molar-refractivity contribution in [1.29, 1.82) is 0 Å². The number of carboxylic acids is 1. The van der Waals surface area contributed by atoms with Crippen molar-refractivity contribution in [3.05, 3.63) is 89.0 Å². The first kappa shape index (κ1) is 25.5. The number of carbonyl (C=O) groups is 1. The summed E-state index contributed by atoms with van der Waals surface area (Å²) in [6, 6.07) is 18.4. The topological polar surface area (TPSA) is 93.8 Å². The van der Waals surface area contributed by atoms with E-state index in [-0.39, 0.29) is 5.82 Å². The van der Waals surface area contributed by atoms with Crippen molar-refractivity contribution >= 4 is 28.7 Å². The predicted octanol–water partition coefficient (Wildman–Crippen LogP) is 5.81. The van der Waals surface area contributed by atoms with Crippen molar-refractivity contribution in [2.75, 3.05) is 13.1 Å². The summed E-state index contributed by atoms with van der Waals surface area (Å²) >= 11 is 6.08. The molecule has 0 bridgehead atoms. The van der Waals surface area contributed by atoms with Gasteiger partial charge in [-0.05, 0) is 86.6 Å². The molecule has 0 saturated carbocycles. The van der Waals surface area contributed by atoms with Crippen LogP contribution in [0.3, 0.4) is 0 Å². The Morgan fingerprint density at radius 2 is 1.89 bits per heavy atom. The van der Waals surface area contributed by atoms with Gasteiger partial charge >= 0.3 is 5.97 Å². The number of aliphatic carboxylic acids is 1. The molecule has 2 N–H and O–H groups in total. The fourth-order valence-electron chi connectivity index (χ4n) is 3.59. The van der Waals surface area contributed by atoms with Crippen LogP contribution in [0.5, 0.6) is 11.5 Å². The van der Waals surface area contributed by atoms with Gasteiger partial charge in [-0.15, -0.1) is 0 Å². The van der Waals surface area contributed by atoms with E-state index in [0.717, 1.165) is 12.0 Å². The molecule has 0 aliphatic heterocycles. The number of fused-ring (bicyclic) bond motifs is 1. The molecule has 7 nitrogen and oxygen atoms in total. The fourth-order valence-corrected chi connectivity index (χ4v) is 3.75. The van der Waals surface area contributed by atoms with Crippen molar-refractivity contribution in [3.63, 3.8) is 0 Å². The number of hydrogen-bond donors (Lipinski definition) is 2. The Morgan fingerprint density at radius 3 is 2.67 bits per heavy atom. The van der Waals surface area contributed by atoms with Crippen molar-refractivity contribution in [2.45, 2.75) is 32.0 Å². The van der Waals surface area contributed by atoms with Crippen LogP contribution in [0.25, 0.3) is 11.1 Å². The van der Waals surface area contributed by atoms with E-state index in [0.29, 0.717) is 53.0 Å². The van der Waals surface area contributed by atoms with Gasteiger partial charge < -0.3 is 24.3 Å². The van der Waals surface area contributed by atoms with Crippen molar-refractivity contribution in [3.8, 4) is 11.5 Å². The summed E-state index contributed by atoms with van der Waals surface area (Å²) in [5.74, 6) is 0.0848. The lowest BCUT2D eigenvalue weighted by atomic mass is 10.1. The first-order valence-corrected chi connectivity index (χ1v) is 11.9. The van der Waals surface area contributed by atoms with E-state index in [1.54, 1.807) is 36.4 Å². The summed E-state index contributed by atoms with van der Waals surface area (Å²) in [5, 5.41) is 13.0. The first-order valence-electron chi connectivity index (χ1n) is 11.5. The third-order valence-corrected chi connectivity index (χ3v) is 5.70. The summed E-state index contributed by atoms with van der Waals surface area (Å²) in [6.45, 7) is 2.79. The second-order valence-electron chi connectivity index (χ2n) is 8.26. The van der Waals surface area contributed by atoms with Crippen molar-refractivity contribution in [1.82, 2.24) is 10.3 Å². The molecule has 9 heteroatoms. The number of benzene rings is 3. The van der Waals surface area contributed by atoms with Gasteiger partial charge in [-0.2, -0.15) is 0 Å². The molecule has 0 saturated heterocycles. The molecule has 1 aromatic heterocycles. The number of rotatable bonds is 12. The number of halogens is 2. The molecule has 3 aromatic carbocycles. The van der Waals surface area contributed by atoms with Crippen LogP contribution in [0.15, 0.2) is 71.1 Å². The molecule has 4 rings (SSSR count). The van der Waals surface area contributed by atoms with E-state index in [4.69, 9.17) is 30.6 Å². The zero-order valence-electron chi connectivity index (χ0n) is 19.6. The van der Waals surface area contributed by atoms with Gasteiger partial charge in [0, 0.05) is 11.4 Å². The summed E-state index contributed by atoms with van der Waals surface area (Å²) in [6.07, 6.45) is -0.136. The summed E-state index contributed by atoms with van der Waals surface area (Å²) in [7, 11) is 0. The summed E-state index contributed by atoms with van der Waals surface area (Å²) in [5.41, 5.74) is 2.26. The Morgan fingerprint density at radius 1 is 1.08 bits per heavy atom. The second-order valence-corrected chi connectivity index (χ2v) is 8.70. The number of nitrogens with one attached hydrogen (secondary N) is 1. The van der Waals surface area contributed by atoms with Crippen molar-refractivity contribution in [2.24, 2.45) is 0 Å². The second kappa shape index (κ2) is 11.9. The molecule has 2 unspecified atom stereocenters. The zero-order chi connectivity index (χ0) is 25.5. The molecule has 1 heterocycles. The van der Waals surface area contributed by atoms with Gasteiger partial charge in [0.2, 0.25) is 5.89 Å². The van der Waals surface area contributed by atoms with Crippen LogP contribution in [0, 0.1) is 5.82 Å². The Bertz CT molecular complexity index is 1310. The lowest BCUT2D eigenvalue weighted by Gasteiger charge is -2.17. The third-order valence-electron chi connectivity index (χ3n) is 5.47. The zero-order valence-corrected chi connectivity index (χ0v) is 20.4. The molecule has 4 aromatic rings. The van der Waals surface area contributed by atoms with Crippen LogP contribution in [-0.4, -0.2) is 35.3 Å². The maximum absolute atomic E-state index is 13.3. The van der Waals surface area contributed by atoms with Crippen LogP contribution in [0.4, 0.5) is 4.39 Å². The molecule has 0 aliphatic rings. The lowest BCUT2D eigenvalue weighted by molar-refractivity contribution is -0.144. The molecular weight excluding hydrogens is 487 g/mol. The van der Waals surface area contributed by atoms with E-state index >= 15 is 0 Å². The van der Waals surface area contributed by atoms with Crippen LogP contribution in [-0.2, 0) is 11.2 Å². The highest BCUT2D eigenvalue weighted by Crippen LogP contribution is 2.28. The van der Waals surface area contributed by atoms with Gasteiger partial charge in [0.15, 0.2) is 17.8 Å². The monoisotopic (exact) mass is 512 g/mol. The average molecular weight is 513 g/mol.